The molecule has 0 amide bonds. The smallest absolute Gasteiger partial charge is 0.310 e. The molecule has 0 bridgehead atoms. The van der Waals surface area contributed by atoms with Gasteiger partial charge in [0.1, 0.15) is 0 Å². The van der Waals surface area contributed by atoms with Crippen molar-refractivity contribution < 1.29 is 9.53 Å². The normalized spacial score (nSPS) is 9.69. The van der Waals surface area contributed by atoms with Crippen LogP contribution < -0.4 is 5.73 Å². The van der Waals surface area contributed by atoms with E-state index in [0.717, 1.165) is 11.1 Å². The fourth-order valence-electron chi connectivity index (χ4n) is 1.12. The van der Waals surface area contributed by atoms with Gasteiger partial charge in [-0.2, -0.15) is 0 Å². The molecule has 0 spiro atoms. The topological polar surface area (TPSA) is 52.3 Å². The number of aryl methyl sites for hydroxylation is 1. The van der Waals surface area contributed by atoms with Crippen molar-refractivity contribution in [1.82, 2.24) is 0 Å². The summed E-state index contributed by atoms with van der Waals surface area (Å²) in [4.78, 5) is 11.0. The molecule has 1 aromatic carbocycles. The monoisotopic (exact) mass is 179 g/mol. The third-order valence-electron chi connectivity index (χ3n) is 1.98. The van der Waals surface area contributed by atoms with Crippen LogP contribution in [-0.2, 0) is 16.0 Å². The molecule has 13 heavy (non-hydrogen) atoms. The zero-order chi connectivity index (χ0) is 9.84. The molecule has 3 heteroatoms. The number of rotatable bonds is 2. The molecule has 0 radical (unpaired) electrons. The summed E-state index contributed by atoms with van der Waals surface area (Å²) >= 11 is 0. The molecule has 70 valence electrons. The van der Waals surface area contributed by atoms with Crippen LogP contribution in [-0.4, -0.2) is 13.1 Å². The molecule has 0 aliphatic heterocycles. The summed E-state index contributed by atoms with van der Waals surface area (Å²) in [5.41, 5.74) is 8.26. The number of methoxy groups -OCH3 is 1. The second-order valence-corrected chi connectivity index (χ2v) is 2.90. The van der Waals surface area contributed by atoms with E-state index in [0.29, 0.717) is 5.69 Å². The molecule has 2 N–H and O–H groups in total. The van der Waals surface area contributed by atoms with Gasteiger partial charge >= 0.3 is 5.97 Å². The maximum Gasteiger partial charge on any atom is 0.310 e. The second-order valence-electron chi connectivity index (χ2n) is 2.90. The van der Waals surface area contributed by atoms with Crippen LogP contribution in [0.5, 0.6) is 0 Å². The maximum atomic E-state index is 11.0. The molecule has 0 unspecified atom stereocenters. The van der Waals surface area contributed by atoms with E-state index in [1.165, 1.54) is 7.11 Å². The number of anilines is 1. The number of para-hydroxylation sites is 1. The Kier molecular flexibility index (Phi) is 2.90. The predicted octanol–water partition coefficient (Wildman–Crippen LogP) is 1.29. The van der Waals surface area contributed by atoms with E-state index in [2.05, 4.69) is 4.74 Å². The summed E-state index contributed by atoms with van der Waals surface area (Å²) in [6, 6.07) is 5.62. The first-order chi connectivity index (χ1) is 6.15. The van der Waals surface area contributed by atoms with Gasteiger partial charge in [-0.25, -0.2) is 0 Å². The van der Waals surface area contributed by atoms with Gasteiger partial charge in [0.2, 0.25) is 0 Å². The van der Waals surface area contributed by atoms with Crippen LogP contribution in [0.4, 0.5) is 5.69 Å². The number of hydrogen-bond acceptors (Lipinski definition) is 3. The van der Waals surface area contributed by atoms with Crippen LogP contribution in [0.3, 0.4) is 0 Å². The van der Waals surface area contributed by atoms with Crippen LogP contribution in [0.1, 0.15) is 11.1 Å². The van der Waals surface area contributed by atoms with Gasteiger partial charge in [0.05, 0.1) is 13.5 Å². The van der Waals surface area contributed by atoms with Gasteiger partial charge < -0.3 is 10.5 Å². The van der Waals surface area contributed by atoms with Crippen LogP contribution in [0.15, 0.2) is 18.2 Å². The summed E-state index contributed by atoms with van der Waals surface area (Å²) in [6.07, 6.45) is 0.240. The first kappa shape index (κ1) is 9.58. The minimum Gasteiger partial charge on any atom is -0.469 e. The van der Waals surface area contributed by atoms with Gasteiger partial charge in [-0.1, -0.05) is 18.2 Å². The molecule has 0 saturated carbocycles. The molecule has 0 atom stereocenters. The van der Waals surface area contributed by atoms with Crippen molar-refractivity contribution in [1.29, 1.82) is 0 Å². The highest BCUT2D eigenvalue weighted by molar-refractivity contribution is 5.75. The fraction of sp³-hybridized carbons (Fsp3) is 0.300. The van der Waals surface area contributed by atoms with E-state index in [1.54, 1.807) is 0 Å². The molecule has 0 saturated heterocycles. The van der Waals surface area contributed by atoms with Crippen molar-refractivity contribution in [2.75, 3.05) is 12.8 Å². The minimum absolute atomic E-state index is 0.240. The molecule has 1 rings (SSSR count). The highest BCUT2D eigenvalue weighted by Crippen LogP contribution is 2.16. The lowest BCUT2D eigenvalue weighted by Gasteiger charge is -2.06. The summed E-state index contributed by atoms with van der Waals surface area (Å²) in [6.45, 7) is 1.91. The molecular weight excluding hydrogens is 166 g/mol. The molecule has 0 aromatic heterocycles. The van der Waals surface area contributed by atoms with E-state index in [4.69, 9.17) is 5.73 Å². The SMILES string of the molecule is COC(=O)Cc1cccc(C)c1N. The second kappa shape index (κ2) is 3.94. The van der Waals surface area contributed by atoms with Gasteiger partial charge in [-0.15, -0.1) is 0 Å². The summed E-state index contributed by atoms with van der Waals surface area (Å²) < 4.78 is 4.55. The molecule has 0 aliphatic carbocycles. The number of esters is 1. The van der Waals surface area contributed by atoms with Crippen LogP contribution in [0.25, 0.3) is 0 Å². The van der Waals surface area contributed by atoms with E-state index < -0.39 is 0 Å². The third kappa shape index (κ3) is 2.21. The van der Waals surface area contributed by atoms with Crippen molar-refractivity contribution >= 4 is 11.7 Å². The zero-order valence-electron chi connectivity index (χ0n) is 7.83. The lowest BCUT2D eigenvalue weighted by Crippen LogP contribution is -2.07. The van der Waals surface area contributed by atoms with Crippen molar-refractivity contribution in [3.05, 3.63) is 29.3 Å². The van der Waals surface area contributed by atoms with E-state index in [-0.39, 0.29) is 12.4 Å². The molecular formula is C10H13NO2. The van der Waals surface area contributed by atoms with Crippen molar-refractivity contribution in [2.45, 2.75) is 13.3 Å². The van der Waals surface area contributed by atoms with Crippen LogP contribution >= 0.6 is 0 Å². The average molecular weight is 179 g/mol. The standard InChI is InChI=1S/C10H13NO2/c1-7-4-3-5-8(10(7)11)6-9(12)13-2/h3-5H,6,11H2,1-2H3. The van der Waals surface area contributed by atoms with Crippen molar-refractivity contribution in [2.24, 2.45) is 0 Å². The summed E-state index contributed by atoms with van der Waals surface area (Å²) in [5, 5.41) is 0. The van der Waals surface area contributed by atoms with Gasteiger partial charge in [0.15, 0.2) is 0 Å². The molecule has 3 nitrogen and oxygen atoms in total. The van der Waals surface area contributed by atoms with Gasteiger partial charge in [0.25, 0.3) is 0 Å². The van der Waals surface area contributed by atoms with Crippen molar-refractivity contribution in [3.63, 3.8) is 0 Å². The Morgan fingerprint density at radius 1 is 1.54 bits per heavy atom. The van der Waals surface area contributed by atoms with Crippen LogP contribution in [0.2, 0.25) is 0 Å². The Morgan fingerprint density at radius 3 is 2.85 bits per heavy atom. The average Bonchev–Trinajstić information content (AvgIpc) is 2.13. The van der Waals surface area contributed by atoms with Gasteiger partial charge in [-0.05, 0) is 18.1 Å². The van der Waals surface area contributed by atoms with Crippen molar-refractivity contribution in [3.8, 4) is 0 Å². The third-order valence-corrected chi connectivity index (χ3v) is 1.98. The molecule has 1 aromatic rings. The highest BCUT2D eigenvalue weighted by Gasteiger charge is 2.06. The van der Waals surface area contributed by atoms with Gasteiger partial charge in [-0.3, -0.25) is 4.79 Å². The largest absolute Gasteiger partial charge is 0.469 e. The maximum absolute atomic E-state index is 11.0. The molecule has 0 aliphatic rings. The summed E-state index contributed by atoms with van der Waals surface area (Å²) in [5.74, 6) is -0.266. The van der Waals surface area contributed by atoms with E-state index in [9.17, 15) is 4.79 Å². The predicted molar refractivity (Wildman–Crippen MR) is 51.3 cm³/mol. The lowest BCUT2D eigenvalue weighted by atomic mass is 10.1. The Bertz CT molecular complexity index is 321. The number of carbonyl (C=O) groups excluding carboxylic acids is 1. The lowest BCUT2D eigenvalue weighted by molar-refractivity contribution is -0.139. The van der Waals surface area contributed by atoms with E-state index >= 15 is 0 Å². The summed E-state index contributed by atoms with van der Waals surface area (Å²) in [7, 11) is 1.37. The Balaban J connectivity index is 2.89. The fourth-order valence-corrected chi connectivity index (χ4v) is 1.12. The molecule has 0 fully saturated rings. The first-order valence-electron chi connectivity index (χ1n) is 4.06. The number of hydrogen-bond donors (Lipinski definition) is 1. The first-order valence-corrected chi connectivity index (χ1v) is 4.06. The zero-order valence-corrected chi connectivity index (χ0v) is 7.83. The number of ether oxygens (including phenoxy) is 1. The molecule has 0 heterocycles. The minimum atomic E-state index is -0.266. The number of benzene rings is 1. The Morgan fingerprint density at radius 2 is 2.23 bits per heavy atom. The Labute approximate surface area is 77.5 Å². The highest BCUT2D eigenvalue weighted by atomic mass is 16.5. The number of nitrogen functional groups attached to an aromatic ring is 1. The van der Waals surface area contributed by atoms with Crippen LogP contribution in [0, 0.1) is 6.92 Å². The Hall–Kier alpha value is -1.51. The van der Waals surface area contributed by atoms with E-state index in [1.807, 2.05) is 25.1 Å². The number of nitrogens with two attached hydrogens (primary N) is 1. The quantitative estimate of drug-likeness (QED) is 0.549. The number of carbonyl (C=O) groups is 1. The van der Waals surface area contributed by atoms with Gasteiger partial charge in [0, 0.05) is 5.69 Å².